The molecule has 0 saturated heterocycles. The Balaban J connectivity index is 1.93. The molecule has 0 spiro atoms. The predicted octanol–water partition coefficient (Wildman–Crippen LogP) is 4.05. The zero-order valence-corrected chi connectivity index (χ0v) is 11.3. The van der Waals surface area contributed by atoms with E-state index in [1.165, 1.54) is 12.5 Å². The van der Waals surface area contributed by atoms with Gasteiger partial charge in [-0.25, -0.2) is 0 Å². The molecule has 2 nitrogen and oxygen atoms in total. The van der Waals surface area contributed by atoms with Gasteiger partial charge in [-0.05, 0) is 30.5 Å². The second-order valence-corrected chi connectivity index (χ2v) is 5.32. The van der Waals surface area contributed by atoms with Gasteiger partial charge in [-0.3, -0.25) is 0 Å². The average molecular weight is 287 g/mol. The third-order valence-corrected chi connectivity index (χ3v) is 3.71. The molecule has 0 aromatic heterocycles. The normalized spacial score (nSPS) is 19.0. The van der Waals surface area contributed by atoms with Gasteiger partial charge in [-0.15, -0.1) is 0 Å². The Bertz CT molecular complexity index is 427. The van der Waals surface area contributed by atoms with E-state index < -0.39 is 17.8 Å². The molecule has 0 bridgehead atoms. The summed E-state index contributed by atoms with van der Waals surface area (Å²) in [6, 6.07) is 4.65. The molecule has 0 radical (unpaired) electrons. The van der Waals surface area contributed by atoms with Crippen LogP contribution in [0.15, 0.2) is 24.3 Å². The van der Waals surface area contributed by atoms with Crippen molar-refractivity contribution in [2.24, 2.45) is 5.73 Å². The van der Waals surface area contributed by atoms with Gasteiger partial charge in [0, 0.05) is 0 Å². The lowest BCUT2D eigenvalue weighted by Crippen LogP contribution is -2.24. The predicted molar refractivity (Wildman–Crippen MR) is 71.2 cm³/mol. The number of rotatable bonds is 4. The molecule has 2 rings (SSSR count). The third-order valence-electron chi connectivity index (χ3n) is 3.71. The molecule has 1 aromatic rings. The molecule has 2 N–H and O–H groups in total. The average Bonchev–Trinajstić information content (AvgIpc) is 2.45. The van der Waals surface area contributed by atoms with Crippen molar-refractivity contribution in [3.8, 4) is 0 Å². The molecule has 1 aliphatic rings. The second kappa shape index (κ2) is 6.59. The molecule has 1 aromatic carbocycles. The Morgan fingerprint density at radius 2 is 1.90 bits per heavy atom. The van der Waals surface area contributed by atoms with Crippen molar-refractivity contribution >= 4 is 0 Å². The number of ether oxygens (including phenoxy) is 1. The van der Waals surface area contributed by atoms with Crippen LogP contribution in [0.5, 0.6) is 0 Å². The molecule has 1 unspecified atom stereocenters. The first kappa shape index (κ1) is 15.3. The molecule has 1 fully saturated rings. The van der Waals surface area contributed by atoms with Gasteiger partial charge in [-0.2, -0.15) is 13.2 Å². The zero-order valence-electron chi connectivity index (χ0n) is 11.3. The van der Waals surface area contributed by atoms with Crippen molar-refractivity contribution in [3.63, 3.8) is 0 Å². The minimum absolute atomic E-state index is 0.209. The van der Waals surface area contributed by atoms with E-state index in [1.54, 1.807) is 6.07 Å². The van der Waals surface area contributed by atoms with Gasteiger partial charge in [-0.1, -0.05) is 31.4 Å². The summed E-state index contributed by atoms with van der Waals surface area (Å²) in [6.45, 7) is 0.270. The maximum Gasteiger partial charge on any atom is 0.416 e. The molecular formula is C15H20F3NO. The number of hydrogen-bond acceptors (Lipinski definition) is 2. The Labute approximate surface area is 117 Å². The van der Waals surface area contributed by atoms with Gasteiger partial charge < -0.3 is 10.5 Å². The van der Waals surface area contributed by atoms with Gasteiger partial charge in [0.15, 0.2) is 0 Å². The molecule has 0 heterocycles. The van der Waals surface area contributed by atoms with Crippen LogP contribution in [-0.4, -0.2) is 12.7 Å². The maximum absolute atomic E-state index is 12.6. The molecule has 1 saturated carbocycles. The Hall–Kier alpha value is -1.07. The standard InChI is InChI=1S/C15H20F3NO/c16-15(17,18)12-6-4-5-11(9-12)14(19)10-20-13-7-2-1-3-8-13/h4-6,9,13-14H,1-3,7-8,10,19H2. The van der Waals surface area contributed by atoms with Crippen LogP contribution in [0.25, 0.3) is 0 Å². The van der Waals surface area contributed by atoms with E-state index in [4.69, 9.17) is 10.5 Å². The minimum Gasteiger partial charge on any atom is -0.376 e. The highest BCUT2D eigenvalue weighted by molar-refractivity contribution is 5.27. The molecule has 1 atom stereocenters. The number of benzene rings is 1. The summed E-state index contributed by atoms with van der Waals surface area (Å²) in [4.78, 5) is 0. The number of nitrogens with two attached hydrogens (primary N) is 1. The first-order chi connectivity index (χ1) is 9.47. The summed E-state index contributed by atoms with van der Waals surface area (Å²) in [5.74, 6) is 0. The Morgan fingerprint density at radius 3 is 2.55 bits per heavy atom. The topological polar surface area (TPSA) is 35.2 Å². The van der Waals surface area contributed by atoms with Crippen LogP contribution in [-0.2, 0) is 10.9 Å². The highest BCUT2D eigenvalue weighted by Crippen LogP contribution is 2.30. The Morgan fingerprint density at radius 1 is 1.20 bits per heavy atom. The van der Waals surface area contributed by atoms with Crippen molar-refractivity contribution in [2.75, 3.05) is 6.61 Å². The quantitative estimate of drug-likeness (QED) is 0.906. The summed E-state index contributed by atoms with van der Waals surface area (Å²) >= 11 is 0. The number of alkyl halides is 3. The molecule has 0 amide bonds. The molecular weight excluding hydrogens is 267 g/mol. The van der Waals surface area contributed by atoms with Gasteiger partial charge in [0.2, 0.25) is 0 Å². The van der Waals surface area contributed by atoms with Crippen LogP contribution in [0.3, 0.4) is 0 Å². The highest BCUT2D eigenvalue weighted by atomic mass is 19.4. The highest BCUT2D eigenvalue weighted by Gasteiger charge is 2.30. The van der Waals surface area contributed by atoms with Crippen LogP contribution in [0.1, 0.15) is 49.3 Å². The summed E-state index contributed by atoms with van der Waals surface area (Å²) < 4.78 is 43.6. The van der Waals surface area contributed by atoms with Crippen LogP contribution in [0, 0.1) is 0 Å². The SMILES string of the molecule is NC(COC1CCCCC1)c1cccc(C(F)(F)F)c1. The van der Waals surface area contributed by atoms with E-state index >= 15 is 0 Å². The van der Waals surface area contributed by atoms with Gasteiger partial charge >= 0.3 is 6.18 Å². The Kier molecular flexibility index (Phi) is 5.05. The van der Waals surface area contributed by atoms with Crippen LogP contribution in [0.2, 0.25) is 0 Å². The van der Waals surface area contributed by atoms with E-state index in [-0.39, 0.29) is 12.7 Å². The summed E-state index contributed by atoms with van der Waals surface area (Å²) in [5.41, 5.74) is 5.74. The number of hydrogen-bond donors (Lipinski definition) is 1. The van der Waals surface area contributed by atoms with E-state index in [0.29, 0.717) is 5.56 Å². The molecule has 1 aliphatic carbocycles. The molecule has 112 valence electrons. The molecule has 5 heteroatoms. The lowest BCUT2D eigenvalue weighted by molar-refractivity contribution is -0.137. The maximum atomic E-state index is 12.6. The fraction of sp³-hybridized carbons (Fsp3) is 0.600. The summed E-state index contributed by atoms with van der Waals surface area (Å²) in [6.07, 6.45) is 1.47. The van der Waals surface area contributed by atoms with Crippen LogP contribution in [0.4, 0.5) is 13.2 Å². The first-order valence-corrected chi connectivity index (χ1v) is 7.01. The largest absolute Gasteiger partial charge is 0.416 e. The van der Waals surface area contributed by atoms with Crippen molar-refractivity contribution in [2.45, 2.75) is 50.4 Å². The third kappa shape index (κ3) is 4.21. The molecule has 20 heavy (non-hydrogen) atoms. The lowest BCUT2D eigenvalue weighted by Gasteiger charge is -2.24. The number of halogens is 3. The lowest BCUT2D eigenvalue weighted by atomic mass is 9.97. The van der Waals surface area contributed by atoms with Gasteiger partial charge in [0.05, 0.1) is 24.3 Å². The van der Waals surface area contributed by atoms with Crippen LogP contribution >= 0.6 is 0 Å². The monoisotopic (exact) mass is 287 g/mol. The van der Waals surface area contributed by atoms with E-state index in [0.717, 1.165) is 37.8 Å². The van der Waals surface area contributed by atoms with E-state index in [2.05, 4.69) is 0 Å². The first-order valence-electron chi connectivity index (χ1n) is 7.01. The fourth-order valence-electron chi connectivity index (χ4n) is 2.51. The van der Waals surface area contributed by atoms with E-state index in [1.807, 2.05) is 0 Å². The van der Waals surface area contributed by atoms with E-state index in [9.17, 15) is 13.2 Å². The van der Waals surface area contributed by atoms with Crippen LogP contribution < -0.4 is 5.73 Å². The minimum atomic E-state index is -4.33. The summed E-state index contributed by atoms with van der Waals surface area (Å²) in [7, 11) is 0. The fourth-order valence-corrected chi connectivity index (χ4v) is 2.51. The van der Waals surface area contributed by atoms with Crippen molar-refractivity contribution < 1.29 is 17.9 Å². The second-order valence-electron chi connectivity index (χ2n) is 5.32. The zero-order chi connectivity index (χ0) is 14.6. The smallest absolute Gasteiger partial charge is 0.376 e. The van der Waals surface area contributed by atoms with Gasteiger partial charge in [0.25, 0.3) is 0 Å². The molecule has 0 aliphatic heterocycles. The van der Waals surface area contributed by atoms with Crippen molar-refractivity contribution in [3.05, 3.63) is 35.4 Å². The van der Waals surface area contributed by atoms with Crippen molar-refractivity contribution in [1.29, 1.82) is 0 Å². The van der Waals surface area contributed by atoms with Gasteiger partial charge in [0.1, 0.15) is 0 Å². The summed E-state index contributed by atoms with van der Waals surface area (Å²) in [5, 5.41) is 0. The van der Waals surface area contributed by atoms with Crippen molar-refractivity contribution in [1.82, 2.24) is 0 Å².